The third-order valence-electron chi connectivity index (χ3n) is 3.12. The molecule has 0 spiro atoms. The van der Waals surface area contributed by atoms with Crippen LogP contribution in [0.2, 0.25) is 10.0 Å². The van der Waals surface area contributed by atoms with Crippen LogP contribution in [-0.2, 0) is 0 Å². The molecule has 1 aromatic heterocycles. The molecular weight excluding hydrogens is 353 g/mol. The second-order valence-electron chi connectivity index (χ2n) is 4.75. The third kappa shape index (κ3) is 3.75. The van der Waals surface area contributed by atoms with Gasteiger partial charge in [-0.25, -0.2) is 9.97 Å². The predicted molar refractivity (Wildman–Crippen MR) is 95.6 cm³/mol. The quantitative estimate of drug-likeness (QED) is 0.477. The zero-order valence-corrected chi connectivity index (χ0v) is 14.3. The second kappa shape index (κ2) is 6.74. The Morgan fingerprint density at radius 1 is 1.09 bits per heavy atom. The van der Waals surface area contributed by atoms with Crippen LogP contribution in [0.4, 0.5) is 10.5 Å². The van der Waals surface area contributed by atoms with Crippen LogP contribution in [0.25, 0.3) is 10.9 Å². The highest BCUT2D eigenvalue weighted by Gasteiger charge is 2.11. The largest absolute Gasteiger partial charge is 0.316 e. The minimum absolute atomic E-state index is 0.293. The number of nitrogens with zero attached hydrogens (tertiary/aromatic N) is 2. The summed E-state index contributed by atoms with van der Waals surface area (Å²) in [7, 11) is 0. The standard InChI is InChI=1S/C16H11Cl2N3OS/c1-9-11-4-2-3-5-14(11)21-15(19-9)23-16(22)20-10-6-7-12(17)13(18)8-10/h2-8H,1H3,(H,20,22). The molecular formula is C16H11Cl2N3OS. The average Bonchev–Trinajstić information content (AvgIpc) is 2.51. The molecule has 23 heavy (non-hydrogen) atoms. The maximum absolute atomic E-state index is 12.1. The molecule has 0 fully saturated rings. The summed E-state index contributed by atoms with van der Waals surface area (Å²) in [6.07, 6.45) is 0. The molecule has 3 aromatic rings. The Morgan fingerprint density at radius 2 is 1.87 bits per heavy atom. The maximum Gasteiger partial charge on any atom is 0.291 e. The number of para-hydroxylation sites is 1. The highest BCUT2D eigenvalue weighted by Crippen LogP contribution is 2.27. The monoisotopic (exact) mass is 363 g/mol. The molecule has 0 aliphatic heterocycles. The summed E-state index contributed by atoms with van der Waals surface area (Å²) in [5, 5.41) is 4.63. The van der Waals surface area contributed by atoms with Gasteiger partial charge in [0.1, 0.15) is 0 Å². The van der Waals surface area contributed by atoms with Gasteiger partial charge < -0.3 is 5.32 Å². The normalized spacial score (nSPS) is 10.7. The SMILES string of the molecule is Cc1nc(SC(=O)Nc2ccc(Cl)c(Cl)c2)nc2ccccc12. The molecule has 7 heteroatoms. The van der Waals surface area contributed by atoms with Crippen molar-refractivity contribution in [3.8, 4) is 0 Å². The summed E-state index contributed by atoms with van der Waals surface area (Å²) in [5.74, 6) is 0. The Hall–Kier alpha value is -1.82. The summed E-state index contributed by atoms with van der Waals surface area (Å²) in [6, 6.07) is 12.6. The van der Waals surface area contributed by atoms with E-state index in [1.165, 1.54) is 0 Å². The van der Waals surface area contributed by atoms with E-state index in [1.54, 1.807) is 18.2 Å². The van der Waals surface area contributed by atoms with Crippen LogP contribution in [0.15, 0.2) is 47.6 Å². The Bertz CT molecular complexity index is 902. The lowest BCUT2D eigenvalue weighted by Crippen LogP contribution is -2.06. The van der Waals surface area contributed by atoms with Crippen molar-refractivity contribution in [1.82, 2.24) is 9.97 Å². The molecule has 0 saturated heterocycles. The molecule has 116 valence electrons. The number of aryl methyl sites for hydroxylation is 1. The highest BCUT2D eigenvalue weighted by atomic mass is 35.5. The maximum atomic E-state index is 12.1. The third-order valence-corrected chi connectivity index (χ3v) is 4.51. The first-order valence-corrected chi connectivity index (χ1v) is 8.27. The molecule has 0 unspecified atom stereocenters. The van der Waals surface area contributed by atoms with Gasteiger partial charge in [-0.05, 0) is 31.2 Å². The van der Waals surface area contributed by atoms with Crippen molar-refractivity contribution in [3.63, 3.8) is 0 Å². The minimum Gasteiger partial charge on any atom is -0.316 e. The van der Waals surface area contributed by atoms with Crippen LogP contribution >= 0.6 is 35.0 Å². The van der Waals surface area contributed by atoms with Gasteiger partial charge in [0.2, 0.25) is 0 Å². The Labute approximate surface area is 147 Å². The number of amides is 1. The summed E-state index contributed by atoms with van der Waals surface area (Å²) >= 11 is 12.7. The van der Waals surface area contributed by atoms with Crippen molar-refractivity contribution in [2.75, 3.05) is 5.32 Å². The molecule has 1 N–H and O–H groups in total. The number of benzene rings is 2. The van der Waals surface area contributed by atoms with Gasteiger partial charge in [-0.3, -0.25) is 4.79 Å². The van der Waals surface area contributed by atoms with Crippen LogP contribution in [0.3, 0.4) is 0 Å². The van der Waals surface area contributed by atoms with Crippen molar-refractivity contribution in [2.24, 2.45) is 0 Å². The minimum atomic E-state index is -0.293. The van der Waals surface area contributed by atoms with Gasteiger partial charge in [0.25, 0.3) is 5.24 Å². The van der Waals surface area contributed by atoms with E-state index in [0.29, 0.717) is 20.9 Å². The van der Waals surface area contributed by atoms with Crippen LogP contribution in [0.5, 0.6) is 0 Å². The lowest BCUT2D eigenvalue weighted by molar-refractivity contribution is 0.269. The molecule has 0 radical (unpaired) electrons. The Kier molecular flexibility index (Phi) is 4.71. The molecule has 0 atom stereocenters. The van der Waals surface area contributed by atoms with Crippen molar-refractivity contribution >= 4 is 56.8 Å². The van der Waals surface area contributed by atoms with Crippen molar-refractivity contribution in [1.29, 1.82) is 0 Å². The zero-order valence-electron chi connectivity index (χ0n) is 12.0. The molecule has 0 aliphatic rings. The zero-order chi connectivity index (χ0) is 16.4. The average molecular weight is 364 g/mol. The first-order valence-electron chi connectivity index (χ1n) is 6.70. The number of hydrogen-bond acceptors (Lipinski definition) is 4. The lowest BCUT2D eigenvalue weighted by atomic mass is 10.2. The highest BCUT2D eigenvalue weighted by molar-refractivity contribution is 8.13. The molecule has 0 bridgehead atoms. The fourth-order valence-corrected chi connectivity index (χ4v) is 3.01. The lowest BCUT2D eigenvalue weighted by Gasteiger charge is -2.07. The summed E-state index contributed by atoms with van der Waals surface area (Å²) < 4.78 is 0. The van der Waals surface area contributed by atoms with E-state index in [2.05, 4.69) is 15.3 Å². The predicted octanol–water partition coefficient (Wildman–Crippen LogP) is 5.57. The van der Waals surface area contributed by atoms with Crippen LogP contribution in [0, 0.1) is 6.92 Å². The smallest absolute Gasteiger partial charge is 0.291 e. The Morgan fingerprint density at radius 3 is 2.65 bits per heavy atom. The molecule has 0 saturated carbocycles. The van der Waals surface area contributed by atoms with E-state index in [0.717, 1.165) is 28.4 Å². The molecule has 2 aromatic carbocycles. The number of halogens is 2. The van der Waals surface area contributed by atoms with E-state index < -0.39 is 0 Å². The van der Waals surface area contributed by atoms with E-state index in [9.17, 15) is 4.79 Å². The summed E-state index contributed by atoms with van der Waals surface area (Å²) in [4.78, 5) is 20.9. The second-order valence-corrected chi connectivity index (χ2v) is 6.51. The number of anilines is 1. The number of carbonyl (C=O) groups excluding carboxylic acids is 1. The van der Waals surface area contributed by atoms with Gasteiger partial charge in [0, 0.05) is 28.5 Å². The van der Waals surface area contributed by atoms with Gasteiger partial charge >= 0.3 is 0 Å². The number of nitrogens with one attached hydrogen (secondary N) is 1. The van der Waals surface area contributed by atoms with Crippen LogP contribution < -0.4 is 5.32 Å². The van der Waals surface area contributed by atoms with Gasteiger partial charge in [0.05, 0.1) is 15.6 Å². The number of rotatable bonds is 2. The van der Waals surface area contributed by atoms with E-state index >= 15 is 0 Å². The summed E-state index contributed by atoms with van der Waals surface area (Å²) in [5.41, 5.74) is 2.21. The van der Waals surface area contributed by atoms with E-state index in [4.69, 9.17) is 23.2 Å². The Balaban J connectivity index is 1.78. The number of hydrogen-bond donors (Lipinski definition) is 1. The molecule has 1 amide bonds. The van der Waals surface area contributed by atoms with Gasteiger partial charge in [-0.15, -0.1) is 0 Å². The number of aromatic nitrogens is 2. The van der Waals surface area contributed by atoms with Crippen molar-refractivity contribution in [3.05, 3.63) is 58.2 Å². The van der Waals surface area contributed by atoms with Crippen molar-refractivity contribution < 1.29 is 4.79 Å². The molecule has 4 nitrogen and oxygen atoms in total. The topological polar surface area (TPSA) is 54.9 Å². The van der Waals surface area contributed by atoms with Crippen molar-refractivity contribution in [2.45, 2.75) is 12.1 Å². The van der Waals surface area contributed by atoms with Crippen LogP contribution in [0.1, 0.15) is 5.69 Å². The van der Waals surface area contributed by atoms with E-state index in [-0.39, 0.29) is 5.24 Å². The molecule has 1 heterocycles. The number of thioether (sulfide) groups is 1. The van der Waals surface area contributed by atoms with Gasteiger partial charge in [-0.2, -0.15) is 0 Å². The fraction of sp³-hybridized carbons (Fsp3) is 0.0625. The first-order chi connectivity index (χ1) is 11.0. The first kappa shape index (κ1) is 16.1. The number of fused-ring (bicyclic) bond motifs is 1. The van der Waals surface area contributed by atoms with Gasteiger partial charge in [0.15, 0.2) is 5.16 Å². The summed E-state index contributed by atoms with van der Waals surface area (Å²) in [6.45, 7) is 1.89. The number of carbonyl (C=O) groups is 1. The van der Waals surface area contributed by atoms with Crippen LogP contribution in [-0.4, -0.2) is 15.2 Å². The fourth-order valence-electron chi connectivity index (χ4n) is 2.05. The van der Waals surface area contributed by atoms with Gasteiger partial charge in [-0.1, -0.05) is 41.4 Å². The molecule has 3 rings (SSSR count). The van der Waals surface area contributed by atoms with E-state index in [1.807, 2.05) is 31.2 Å². The molecule has 0 aliphatic carbocycles.